The summed E-state index contributed by atoms with van der Waals surface area (Å²) < 4.78 is 38.2. The molecular formula is C12H14ClF3N4O. The van der Waals surface area contributed by atoms with Crippen LogP contribution in [0.1, 0.15) is 5.56 Å². The second-order valence-corrected chi connectivity index (χ2v) is 4.88. The number of nitrogens with zero attached hydrogens (tertiary/aromatic N) is 3. The molecule has 3 rings (SSSR count). The first kappa shape index (κ1) is 15.8. The van der Waals surface area contributed by atoms with Crippen LogP contribution in [0.25, 0.3) is 0 Å². The molecule has 1 aromatic heterocycles. The number of alkyl halides is 3. The lowest BCUT2D eigenvalue weighted by Gasteiger charge is -2.43. The number of rotatable bonds is 0. The van der Waals surface area contributed by atoms with E-state index in [1.165, 1.54) is 11.9 Å². The van der Waals surface area contributed by atoms with Crippen LogP contribution in [0.15, 0.2) is 12.3 Å². The first-order valence-corrected chi connectivity index (χ1v) is 6.22. The molecular weight excluding hydrogens is 309 g/mol. The molecule has 5 nitrogen and oxygen atoms in total. The van der Waals surface area contributed by atoms with Crippen molar-refractivity contribution >= 4 is 29.8 Å². The first-order valence-electron chi connectivity index (χ1n) is 6.22. The smallest absolute Gasteiger partial charge is 0.340 e. The number of hydrogen-bond acceptors (Lipinski definition) is 4. The summed E-state index contributed by atoms with van der Waals surface area (Å²) in [5.41, 5.74) is -0.632. The Morgan fingerprint density at radius 3 is 2.81 bits per heavy atom. The Hall–Kier alpha value is -1.54. The van der Waals surface area contributed by atoms with Gasteiger partial charge in [0.2, 0.25) is 0 Å². The second kappa shape index (κ2) is 5.34. The van der Waals surface area contributed by atoms with Gasteiger partial charge in [-0.2, -0.15) is 13.2 Å². The molecule has 1 amide bonds. The van der Waals surface area contributed by atoms with E-state index in [0.717, 1.165) is 12.3 Å². The fourth-order valence-electron chi connectivity index (χ4n) is 2.59. The van der Waals surface area contributed by atoms with Crippen LogP contribution in [0.2, 0.25) is 0 Å². The molecule has 0 bridgehead atoms. The topological polar surface area (TPSA) is 48.5 Å². The minimum absolute atomic E-state index is 0. The second-order valence-electron chi connectivity index (χ2n) is 4.88. The number of aromatic nitrogens is 1. The molecule has 2 aliphatic rings. The minimum Gasteiger partial charge on any atom is -0.340 e. The summed E-state index contributed by atoms with van der Waals surface area (Å²) in [7, 11) is 1.48. The minimum atomic E-state index is -4.47. The predicted molar refractivity (Wildman–Crippen MR) is 73.9 cm³/mol. The van der Waals surface area contributed by atoms with Gasteiger partial charge in [-0.1, -0.05) is 0 Å². The van der Waals surface area contributed by atoms with E-state index >= 15 is 0 Å². The van der Waals surface area contributed by atoms with Gasteiger partial charge in [-0.25, -0.2) is 4.98 Å². The van der Waals surface area contributed by atoms with Crippen LogP contribution in [-0.2, 0) is 11.0 Å². The Morgan fingerprint density at radius 2 is 2.14 bits per heavy atom. The molecule has 0 radical (unpaired) electrons. The lowest BCUT2D eigenvalue weighted by molar-refractivity contribution is -0.137. The fourth-order valence-corrected chi connectivity index (χ4v) is 2.59. The zero-order valence-electron chi connectivity index (χ0n) is 11.1. The summed E-state index contributed by atoms with van der Waals surface area (Å²) in [5, 5.41) is 3.10. The van der Waals surface area contributed by atoms with E-state index in [9.17, 15) is 18.0 Å². The summed E-state index contributed by atoms with van der Waals surface area (Å²) in [6, 6.07) is 0.587. The van der Waals surface area contributed by atoms with E-state index in [-0.39, 0.29) is 24.0 Å². The maximum atomic E-state index is 12.7. The summed E-state index contributed by atoms with van der Waals surface area (Å²) in [4.78, 5) is 19.2. The van der Waals surface area contributed by atoms with Crippen LogP contribution < -0.4 is 15.1 Å². The fraction of sp³-hybridized carbons (Fsp3) is 0.500. The third kappa shape index (κ3) is 2.53. The number of hydrogen-bond donors (Lipinski definition) is 1. The van der Waals surface area contributed by atoms with E-state index in [1.54, 1.807) is 4.90 Å². The molecule has 3 heterocycles. The van der Waals surface area contributed by atoms with Gasteiger partial charge in [-0.05, 0) is 6.07 Å². The Kier molecular flexibility index (Phi) is 4.03. The van der Waals surface area contributed by atoms with Crippen molar-refractivity contribution < 1.29 is 18.0 Å². The highest BCUT2D eigenvalue weighted by molar-refractivity contribution is 6.04. The highest BCUT2D eigenvalue weighted by Gasteiger charge is 2.40. The highest BCUT2D eigenvalue weighted by Crippen LogP contribution is 2.38. The number of likely N-dealkylation sites (N-methyl/N-ethyl adjacent to an activating group) is 1. The van der Waals surface area contributed by atoms with E-state index < -0.39 is 17.8 Å². The molecule has 116 valence electrons. The first-order chi connectivity index (χ1) is 9.39. The third-order valence-corrected chi connectivity index (χ3v) is 3.67. The van der Waals surface area contributed by atoms with Gasteiger partial charge >= 0.3 is 6.18 Å². The maximum absolute atomic E-state index is 12.7. The number of nitrogens with one attached hydrogen (secondary N) is 1. The van der Waals surface area contributed by atoms with Gasteiger partial charge in [0, 0.05) is 32.9 Å². The van der Waals surface area contributed by atoms with Gasteiger partial charge in [-0.3, -0.25) is 4.79 Å². The summed E-state index contributed by atoms with van der Waals surface area (Å²) >= 11 is 0. The summed E-state index contributed by atoms with van der Waals surface area (Å²) in [6.07, 6.45) is -3.65. The average Bonchev–Trinajstić information content (AvgIpc) is 2.43. The Labute approximate surface area is 125 Å². The molecule has 9 heteroatoms. The zero-order valence-corrected chi connectivity index (χ0v) is 12.0. The lowest BCUT2D eigenvalue weighted by Crippen LogP contribution is -2.61. The van der Waals surface area contributed by atoms with Crippen LogP contribution in [0, 0.1) is 0 Å². The van der Waals surface area contributed by atoms with Gasteiger partial charge in [0.25, 0.3) is 5.91 Å². The van der Waals surface area contributed by atoms with Crippen LogP contribution in [0.5, 0.6) is 0 Å². The molecule has 1 atom stereocenters. The Morgan fingerprint density at radius 1 is 1.43 bits per heavy atom. The summed E-state index contributed by atoms with van der Waals surface area (Å²) in [5.74, 6) is 0.220. The van der Waals surface area contributed by atoms with Gasteiger partial charge in [-0.15, -0.1) is 12.4 Å². The molecule has 0 spiro atoms. The molecule has 21 heavy (non-hydrogen) atoms. The standard InChI is InChI=1S/C12H13F3N4O.ClH/c1-18-8-4-7(12(13,14)15)5-17-10(8)19-3-2-16-6-9(19)11(18)20;/h4-5,9,16H,2-3,6H2,1H3;1H/t9-;/m0./s1. The van der Waals surface area contributed by atoms with Crippen molar-refractivity contribution in [1.82, 2.24) is 10.3 Å². The Balaban J connectivity index is 0.00000161. The largest absolute Gasteiger partial charge is 0.417 e. The number of piperazine rings is 1. The predicted octanol–water partition coefficient (Wildman–Crippen LogP) is 1.28. The third-order valence-electron chi connectivity index (χ3n) is 3.67. The number of halogens is 4. The van der Waals surface area contributed by atoms with Crippen molar-refractivity contribution in [3.63, 3.8) is 0 Å². The van der Waals surface area contributed by atoms with E-state index in [1.807, 2.05) is 0 Å². The van der Waals surface area contributed by atoms with Crippen molar-refractivity contribution in [2.24, 2.45) is 0 Å². The van der Waals surface area contributed by atoms with E-state index in [4.69, 9.17) is 0 Å². The SMILES string of the molecule is CN1C(=O)[C@@H]2CNCCN2c2ncc(C(F)(F)F)cc21.Cl. The van der Waals surface area contributed by atoms with Crippen LogP contribution in [-0.4, -0.2) is 43.6 Å². The van der Waals surface area contributed by atoms with E-state index in [2.05, 4.69) is 10.3 Å². The van der Waals surface area contributed by atoms with Crippen molar-refractivity contribution in [2.45, 2.75) is 12.2 Å². The monoisotopic (exact) mass is 322 g/mol. The summed E-state index contributed by atoms with van der Waals surface area (Å²) in [6.45, 7) is 1.70. The maximum Gasteiger partial charge on any atom is 0.417 e. The van der Waals surface area contributed by atoms with Crippen molar-refractivity contribution in [3.05, 3.63) is 17.8 Å². The molecule has 0 unspecified atom stereocenters. The number of anilines is 2. The van der Waals surface area contributed by atoms with Crippen molar-refractivity contribution in [3.8, 4) is 0 Å². The molecule has 1 fully saturated rings. The molecule has 0 saturated carbocycles. The quantitative estimate of drug-likeness (QED) is 0.781. The molecule has 1 N–H and O–H groups in total. The zero-order chi connectivity index (χ0) is 14.5. The Bertz CT molecular complexity index is 566. The van der Waals surface area contributed by atoms with Gasteiger partial charge in [0.1, 0.15) is 6.04 Å². The normalized spacial score (nSPS) is 21.5. The van der Waals surface area contributed by atoms with Gasteiger partial charge < -0.3 is 15.1 Å². The average molecular weight is 323 g/mol. The number of pyridine rings is 1. The molecule has 1 saturated heterocycles. The lowest BCUT2D eigenvalue weighted by atomic mass is 10.1. The van der Waals surface area contributed by atoms with Gasteiger partial charge in [0.05, 0.1) is 11.3 Å². The van der Waals surface area contributed by atoms with Crippen LogP contribution >= 0.6 is 12.4 Å². The molecule has 2 aliphatic heterocycles. The van der Waals surface area contributed by atoms with Crippen LogP contribution in [0.4, 0.5) is 24.7 Å². The van der Waals surface area contributed by atoms with Crippen molar-refractivity contribution in [1.29, 1.82) is 0 Å². The highest BCUT2D eigenvalue weighted by atomic mass is 35.5. The van der Waals surface area contributed by atoms with E-state index in [0.29, 0.717) is 25.5 Å². The number of fused-ring (bicyclic) bond motifs is 3. The number of carbonyl (C=O) groups is 1. The molecule has 1 aromatic rings. The number of amides is 1. The van der Waals surface area contributed by atoms with Gasteiger partial charge in [0.15, 0.2) is 5.82 Å². The van der Waals surface area contributed by atoms with Crippen molar-refractivity contribution in [2.75, 3.05) is 36.5 Å². The number of carbonyl (C=O) groups excluding carboxylic acids is 1. The molecule has 0 aromatic carbocycles. The molecule has 0 aliphatic carbocycles. The van der Waals surface area contributed by atoms with Crippen LogP contribution in [0.3, 0.4) is 0 Å².